The minimum atomic E-state index is -3.17. The van der Waals surface area contributed by atoms with Crippen LogP contribution in [0.25, 0.3) is 0 Å². The molecule has 2 aliphatic rings. The first kappa shape index (κ1) is 22.2. The second-order valence-electron chi connectivity index (χ2n) is 8.18. The predicted molar refractivity (Wildman–Crippen MR) is 112 cm³/mol. The molecule has 162 valence electrons. The zero-order chi connectivity index (χ0) is 20.9. The lowest BCUT2D eigenvalue weighted by molar-refractivity contribution is 0.0240. The van der Waals surface area contributed by atoms with Crippen LogP contribution in [-0.2, 0) is 10.0 Å². The molecule has 0 spiro atoms. The van der Waals surface area contributed by atoms with Gasteiger partial charge in [0.1, 0.15) is 5.82 Å². The van der Waals surface area contributed by atoms with Crippen molar-refractivity contribution >= 4 is 15.9 Å². The van der Waals surface area contributed by atoms with E-state index in [-0.39, 0.29) is 23.0 Å². The van der Waals surface area contributed by atoms with Crippen molar-refractivity contribution in [1.82, 2.24) is 14.5 Å². The number of hydrogen-bond donors (Lipinski definition) is 1. The van der Waals surface area contributed by atoms with Crippen molar-refractivity contribution in [3.05, 3.63) is 35.6 Å². The minimum absolute atomic E-state index is 0.130. The van der Waals surface area contributed by atoms with Crippen LogP contribution < -0.4 is 5.32 Å². The van der Waals surface area contributed by atoms with E-state index in [1.54, 1.807) is 4.31 Å². The number of carbonyl (C=O) groups is 1. The van der Waals surface area contributed by atoms with Crippen molar-refractivity contribution in [1.29, 1.82) is 0 Å². The monoisotopic (exact) mass is 425 g/mol. The summed E-state index contributed by atoms with van der Waals surface area (Å²) in [6.45, 7) is 4.82. The predicted octanol–water partition coefficient (Wildman–Crippen LogP) is 2.62. The molecule has 2 fully saturated rings. The number of amides is 1. The Morgan fingerprint density at radius 3 is 2.28 bits per heavy atom. The van der Waals surface area contributed by atoms with E-state index in [2.05, 4.69) is 10.2 Å². The minimum Gasteiger partial charge on any atom is -0.350 e. The van der Waals surface area contributed by atoms with Gasteiger partial charge in [0.2, 0.25) is 10.0 Å². The molecule has 1 N–H and O–H groups in total. The third-order valence-corrected chi connectivity index (χ3v) is 8.31. The smallest absolute Gasteiger partial charge is 0.251 e. The fourth-order valence-corrected chi connectivity index (χ4v) is 6.08. The number of piperazine rings is 1. The van der Waals surface area contributed by atoms with Gasteiger partial charge in [0.05, 0.1) is 5.75 Å². The summed E-state index contributed by atoms with van der Waals surface area (Å²) in [5.74, 6) is -0.355. The van der Waals surface area contributed by atoms with Crippen LogP contribution >= 0.6 is 0 Å². The molecule has 1 saturated carbocycles. The van der Waals surface area contributed by atoms with E-state index >= 15 is 0 Å². The second kappa shape index (κ2) is 9.53. The van der Waals surface area contributed by atoms with Crippen LogP contribution in [0.15, 0.2) is 24.3 Å². The molecule has 1 aromatic rings. The molecule has 29 heavy (non-hydrogen) atoms. The maximum Gasteiger partial charge on any atom is 0.251 e. The van der Waals surface area contributed by atoms with Crippen LogP contribution in [0, 0.1) is 5.82 Å². The molecular weight excluding hydrogens is 393 g/mol. The van der Waals surface area contributed by atoms with Crippen molar-refractivity contribution in [2.45, 2.75) is 51.0 Å². The van der Waals surface area contributed by atoms with Crippen LogP contribution in [0.5, 0.6) is 0 Å². The van der Waals surface area contributed by atoms with E-state index in [0.29, 0.717) is 44.7 Å². The summed E-state index contributed by atoms with van der Waals surface area (Å²) in [7, 11) is -3.17. The first-order valence-corrected chi connectivity index (χ1v) is 12.2. The molecule has 1 aliphatic heterocycles. The highest BCUT2D eigenvalue weighted by Gasteiger charge is 2.40. The van der Waals surface area contributed by atoms with Gasteiger partial charge in [-0.3, -0.25) is 9.69 Å². The Hall–Kier alpha value is -1.51. The Kier molecular flexibility index (Phi) is 7.29. The average molecular weight is 426 g/mol. The van der Waals surface area contributed by atoms with Crippen LogP contribution in [-0.4, -0.2) is 67.5 Å². The number of nitrogens with zero attached hydrogens (tertiary/aromatic N) is 2. The summed E-state index contributed by atoms with van der Waals surface area (Å²) in [4.78, 5) is 14.9. The number of hydrogen-bond acceptors (Lipinski definition) is 4. The number of sulfonamides is 1. The quantitative estimate of drug-likeness (QED) is 0.729. The van der Waals surface area contributed by atoms with Crippen LogP contribution in [0.4, 0.5) is 4.39 Å². The Morgan fingerprint density at radius 1 is 1.07 bits per heavy atom. The van der Waals surface area contributed by atoms with Crippen LogP contribution in [0.1, 0.15) is 55.8 Å². The fourth-order valence-electron chi connectivity index (χ4n) is 4.59. The Morgan fingerprint density at radius 2 is 1.69 bits per heavy atom. The van der Waals surface area contributed by atoms with Gasteiger partial charge in [0, 0.05) is 43.8 Å². The highest BCUT2D eigenvalue weighted by atomic mass is 32.2. The lowest BCUT2D eigenvalue weighted by atomic mass is 9.79. The molecule has 0 bridgehead atoms. The summed E-state index contributed by atoms with van der Waals surface area (Å²) >= 11 is 0. The molecule has 3 rings (SSSR count). The summed E-state index contributed by atoms with van der Waals surface area (Å²) < 4.78 is 39.5. The molecule has 1 saturated heterocycles. The van der Waals surface area contributed by atoms with E-state index in [1.165, 1.54) is 30.7 Å². The van der Waals surface area contributed by atoms with Gasteiger partial charge in [-0.25, -0.2) is 12.8 Å². The summed E-state index contributed by atoms with van der Waals surface area (Å²) in [5, 5.41) is 3.05. The Labute approximate surface area is 173 Å². The van der Waals surface area contributed by atoms with Crippen molar-refractivity contribution in [3.8, 4) is 0 Å². The maximum absolute atomic E-state index is 13.1. The topological polar surface area (TPSA) is 69.7 Å². The first-order valence-electron chi connectivity index (χ1n) is 10.6. The third-order valence-electron chi connectivity index (χ3n) is 6.23. The van der Waals surface area contributed by atoms with Gasteiger partial charge >= 0.3 is 0 Å². The first-order chi connectivity index (χ1) is 13.9. The van der Waals surface area contributed by atoms with Gasteiger partial charge < -0.3 is 5.32 Å². The zero-order valence-corrected chi connectivity index (χ0v) is 18.0. The van der Waals surface area contributed by atoms with Crippen LogP contribution in [0.3, 0.4) is 0 Å². The molecule has 6 nitrogen and oxygen atoms in total. The largest absolute Gasteiger partial charge is 0.350 e. The molecule has 1 amide bonds. The molecule has 1 heterocycles. The fraction of sp³-hybridized carbons (Fsp3) is 0.667. The molecular formula is C21H32FN3O3S. The SMILES string of the molecule is CCCS(=O)(=O)N1CCN(C2(CNC(=O)c3ccc(F)cc3)CCCCC2)CC1. The normalized spacial score (nSPS) is 21.0. The van der Waals surface area contributed by atoms with Gasteiger partial charge in [-0.1, -0.05) is 26.2 Å². The maximum atomic E-state index is 13.1. The number of halogens is 1. The molecule has 8 heteroatoms. The molecule has 0 atom stereocenters. The standard InChI is InChI=1S/C21H32FN3O3S/c1-2-16-29(27,28)25-14-12-24(13-15-25)21(10-4-3-5-11-21)17-23-20(26)18-6-8-19(22)9-7-18/h6-9H,2-5,10-17H2,1H3,(H,23,26). The summed E-state index contributed by atoms with van der Waals surface area (Å²) in [6.07, 6.45) is 6.04. The third kappa shape index (κ3) is 5.35. The highest BCUT2D eigenvalue weighted by molar-refractivity contribution is 7.89. The number of carbonyl (C=O) groups excluding carboxylic acids is 1. The van der Waals surface area contributed by atoms with Crippen molar-refractivity contribution in [3.63, 3.8) is 0 Å². The summed E-state index contributed by atoms with van der Waals surface area (Å²) in [5.41, 5.74) is 0.321. The van der Waals surface area contributed by atoms with E-state index in [1.807, 2.05) is 6.92 Å². The molecule has 0 radical (unpaired) electrons. The number of rotatable bonds is 7. The number of benzene rings is 1. The van der Waals surface area contributed by atoms with Crippen LogP contribution in [0.2, 0.25) is 0 Å². The van der Waals surface area contributed by atoms with Gasteiger partial charge in [0.25, 0.3) is 5.91 Å². The van der Waals surface area contributed by atoms with E-state index in [4.69, 9.17) is 0 Å². The van der Waals surface area contributed by atoms with Gasteiger partial charge in [-0.05, 0) is 43.5 Å². The number of nitrogens with one attached hydrogen (secondary N) is 1. The van der Waals surface area contributed by atoms with E-state index in [9.17, 15) is 17.6 Å². The van der Waals surface area contributed by atoms with E-state index in [0.717, 1.165) is 25.7 Å². The van der Waals surface area contributed by atoms with Crippen molar-refractivity contribution in [2.75, 3.05) is 38.5 Å². The van der Waals surface area contributed by atoms with Gasteiger partial charge in [-0.2, -0.15) is 4.31 Å². The average Bonchev–Trinajstić information content (AvgIpc) is 2.73. The summed E-state index contributed by atoms with van der Waals surface area (Å²) in [6, 6.07) is 5.58. The van der Waals surface area contributed by atoms with Crippen molar-refractivity contribution in [2.24, 2.45) is 0 Å². The Bertz CT molecular complexity index is 784. The van der Waals surface area contributed by atoms with E-state index < -0.39 is 10.0 Å². The molecule has 0 unspecified atom stereocenters. The highest BCUT2D eigenvalue weighted by Crippen LogP contribution is 2.34. The molecule has 0 aromatic heterocycles. The van der Waals surface area contributed by atoms with Gasteiger partial charge in [0.15, 0.2) is 0 Å². The van der Waals surface area contributed by atoms with Gasteiger partial charge in [-0.15, -0.1) is 0 Å². The van der Waals surface area contributed by atoms with Crippen molar-refractivity contribution < 1.29 is 17.6 Å². The lowest BCUT2D eigenvalue weighted by Crippen LogP contribution is -2.62. The second-order valence-corrected chi connectivity index (χ2v) is 10.3. The Balaban J connectivity index is 1.64. The zero-order valence-electron chi connectivity index (χ0n) is 17.2. The molecule has 1 aromatic carbocycles. The molecule has 1 aliphatic carbocycles. The lowest BCUT2D eigenvalue weighted by Gasteiger charge is -2.49.